The number of anilines is 1. The fourth-order valence-electron chi connectivity index (χ4n) is 1.71. The summed E-state index contributed by atoms with van der Waals surface area (Å²) in [5, 5.41) is 11.3. The second-order valence-corrected chi connectivity index (χ2v) is 6.44. The maximum atomic E-state index is 12.2. The van der Waals surface area contributed by atoms with Crippen LogP contribution in [0.1, 0.15) is 29.3 Å². The first kappa shape index (κ1) is 17.0. The lowest BCUT2D eigenvalue weighted by Gasteiger charge is -2.15. The monoisotopic (exact) mass is 314 g/mol. The van der Waals surface area contributed by atoms with Gasteiger partial charge in [-0.25, -0.2) is 13.2 Å². The van der Waals surface area contributed by atoms with E-state index in [-0.39, 0.29) is 17.7 Å². The van der Waals surface area contributed by atoms with E-state index < -0.39 is 27.9 Å². The predicted octanol–water partition coefficient (Wildman–Crippen LogP) is 0.960. The Morgan fingerprint density at radius 2 is 1.95 bits per heavy atom. The summed E-state index contributed by atoms with van der Waals surface area (Å²) in [7, 11) is -3.54. The highest BCUT2D eigenvalue weighted by molar-refractivity contribution is 7.92. The fraction of sp³-hybridized carbons (Fsp3) is 0.385. The van der Waals surface area contributed by atoms with Crippen molar-refractivity contribution in [2.24, 2.45) is 0 Å². The van der Waals surface area contributed by atoms with Crippen molar-refractivity contribution in [3.05, 3.63) is 29.3 Å². The molecule has 116 valence electrons. The Morgan fingerprint density at radius 1 is 1.33 bits per heavy atom. The first-order chi connectivity index (χ1) is 9.64. The van der Waals surface area contributed by atoms with Crippen LogP contribution in [0.5, 0.6) is 0 Å². The van der Waals surface area contributed by atoms with Crippen LogP contribution in [0.4, 0.5) is 5.69 Å². The molecule has 0 saturated heterocycles. The van der Waals surface area contributed by atoms with Gasteiger partial charge in [0.15, 0.2) is 0 Å². The Kier molecular flexibility index (Phi) is 5.31. The summed E-state index contributed by atoms with van der Waals surface area (Å²) in [6.45, 7) is 3.38. The Labute approximate surface area is 123 Å². The molecule has 1 aromatic carbocycles. The van der Waals surface area contributed by atoms with E-state index in [0.29, 0.717) is 0 Å². The number of aliphatic carboxylic acids is 1. The van der Waals surface area contributed by atoms with Gasteiger partial charge in [0.2, 0.25) is 10.0 Å². The average Bonchev–Trinajstić information content (AvgIpc) is 2.35. The zero-order valence-electron chi connectivity index (χ0n) is 12.0. The minimum Gasteiger partial charge on any atom is -0.480 e. The van der Waals surface area contributed by atoms with Crippen molar-refractivity contribution >= 4 is 27.6 Å². The molecule has 0 aliphatic carbocycles. The molecule has 1 amide bonds. The summed E-state index contributed by atoms with van der Waals surface area (Å²) in [6, 6.07) is 3.59. The van der Waals surface area contributed by atoms with E-state index in [9.17, 15) is 18.0 Å². The Hall–Kier alpha value is -2.09. The van der Waals surface area contributed by atoms with Crippen LogP contribution in [0.15, 0.2) is 18.2 Å². The maximum Gasteiger partial charge on any atom is 0.326 e. The van der Waals surface area contributed by atoms with Gasteiger partial charge in [-0.15, -0.1) is 0 Å². The number of benzene rings is 1. The van der Waals surface area contributed by atoms with E-state index in [1.807, 2.05) is 0 Å². The van der Waals surface area contributed by atoms with Crippen molar-refractivity contribution in [1.82, 2.24) is 5.32 Å². The predicted molar refractivity (Wildman–Crippen MR) is 78.8 cm³/mol. The highest BCUT2D eigenvalue weighted by Gasteiger charge is 2.21. The van der Waals surface area contributed by atoms with Gasteiger partial charge >= 0.3 is 5.97 Å². The number of carboxylic acids is 1. The third-order valence-electron chi connectivity index (χ3n) is 2.73. The molecule has 21 heavy (non-hydrogen) atoms. The van der Waals surface area contributed by atoms with Gasteiger partial charge in [-0.3, -0.25) is 9.52 Å². The lowest BCUT2D eigenvalue weighted by molar-refractivity contribution is -0.139. The minimum absolute atomic E-state index is 0.0834. The molecule has 0 aliphatic rings. The molecule has 1 unspecified atom stereocenters. The van der Waals surface area contributed by atoms with E-state index in [0.717, 1.165) is 11.8 Å². The van der Waals surface area contributed by atoms with Crippen molar-refractivity contribution in [2.45, 2.75) is 26.3 Å². The molecule has 3 N–H and O–H groups in total. The number of hydrogen-bond acceptors (Lipinski definition) is 4. The lowest BCUT2D eigenvalue weighted by atomic mass is 10.1. The zero-order chi connectivity index (χ0) is 16.2. The molecule has 7 nitrogen and oxygen atoms in total. The van der Waals surface area contributed by atoms with Gasteiger partial charge in [0.1, 0.15) is 6.04 Å². The molecule has 0 aliphatic heterocycles. The van der Waals surface area contributed by atoms with Gasteiger partial charge < -0.3 is 10.4 Å². The van der Waals surface area contributed by atoms with Crippen molar-refractivity contribution in [1.29, 1.82) is 0 Å². The largest absolute Gasteiger partial charge is 0.480 e. The van der Waals surface area contributed by atoms with Gasteiger partial charge in [0.25, 0.3) is 5.91 Å². The molecule has 0 bridgehead atoms. The summed E-state index contributed by atoms with van der Waals surface area (Å²) in [5.74, 6) is -1.78. The molecule has 0 fully saturated rings. The highest BCUT2D eigenvalue weighted by atomic mass is 32.2. The van der Waals surface area contributed by atoms with Crippen LogP contribution in [-0.2, 0) is 14.8 Å². The van der Waals surface area contributed by atoms with E-state index >= 15 is 0 Å². The summed E-state index contributed by atoms with van der Waals surface area (Å²) >= 11 is 0. The van der Waals surface area contributed by atoms with E-state index in [2.05, 4.69) is 10.0 Å². The molecular weight excluding hydrogens is 296 g/mol. The number of rotatable bonds is 6. The summed E-state index contributed by atoms with van der Waals surface area (Å²) in [5.41, 5.74) is 0.948. The van der Waals surface area contributed by atoms with Crippen LogP contribution < -0.4 is 10.0 Å². The summed E-state index contributed by atoms with van der Waals surface area (Å²) in [6.07, 6.45) is 1.20. The van der Waals surface area contributed by atoms with Gasteiger partial charge in [0.05, 0.1) is 17.5 Å². The molecule has 1 aromatic rings. The molecule has 0 radical (unpaired) electrons. The van der Waals surface area contributed by atoms with Crippen LogP contribution >= 0.6 is 0 Å². The van der Waals surface area contributed by atoms with Gasteiger partial charge in [-0.2, -0.15) is 0 Å². The summed E-state index contributed by atoms with van der Waals surface area (Å²) < 4.78 is 24.9. The molecule has 0 saturated carbocycles. The SMILES string of the molecule is CCC(NC(=O)c1cc(C)ccc1NS(C)(=O)=O)C(=O)O. The number of nitrogens with one attached hydrogen (secondary N) is 2. The lowest BCUT2D eigenvalue weighted by Crippen LogP contribution is -2.40. The second-order valence-electron chi connectivity index (χ2n) is 4.70. The number of sulfonamides is 1. The van der Waals surface area contributed by atoms with Crippen LogP contribution in [-0.4, -0.2) is 37.7 Å². The normalized spacial score (nSPS) is 12.5. The Balaban J connectivity index is 3.13. The third-order valence-corrected chi connectivity index (χ3v) is 3.32. The second kappa shape index (κ2) is 6.57. The third kappa shape index (κ3) is 5.07. The molecule has 0 heterocycles. The highest BCUT2D eigenvalue weighted by Crippen LogP contribution is 2.18. The van der Waals surface area contributed by atoms with Gasteiger partial charge in [-0.05, 0) is 25.5 Å². The van der Waals surface area contributed by atoms with Gasteiger partial charge in [-0.1, -0.05) is 18.6 Å². The maximum absolute atomic E-state index is 12.2. The van der Waals surface area contributed by atoms with E-state index in [1.165, 1.54) is 12.1 Å². The quantitative estimate of drug-likeness (QED) is 0.724. The first-order valence-electron chi connectivity index (χ1n) is 6.26. The van der Waals surface area contributed by atoms with Crippen molar-refractivity contribution in [2.75, 3.05) is 11.0 Å². The van der Waals surface area contributed by atoms with Crippen molar-refractivity contribution < 1.29 is 23.1 Å². The van der Waals surface area contributed by atoms with Gasteiger partial charge in [0, 0.05) is 0 Å². The smallest absolute Gasteiger partial charge is 0.326 e. The Morgan fingerprint density at radius 3 is 2.43 bits per heavy atom. The van der Waals surface area contributed by atoms with E-state index in [1.54, 1.807) is 19.9 Å². The van der Waals surface area contributed by atoms with Crippen LogP contribution in [0, 0.1) is 6.92 Å². The standard InChI is InChI=1S/C13H18N2O5S/c1-4-10(13(17)18)14-12(16)9-7-8(2)5-6-11(9)15-21(3,19)20/h5-7,10,15H,4H2,1-3H3,(H,14,16)(H,17,18). The van der Waals surface area contributed by atoms with Crippen LogP contribution in [0.3, 0.4) is 0 Å². The fourth-order valence-corrected chi connectivity index (χ4v) is 2.29. The van der Waals surface area contributed by atoms with Crippen molar-refractivity contribution in [3.8, 4) is 0 Å². The number of aryl methyl sites for hydroxylation is 1. The van der Waals surface area contributed by atoms with Crippen molar-refractivity contribution in [3.63, 3.8) is 0 Å². The zero-order valence-corrected chi connectivity index (χ0v) is 12.8. The number of carboxylic acid groups (broad SMARTS) is 1. The number of carbonyl (C=O) groups excluding carboxylic acids is 1. The minimum atomic E-state index is -3.54. The average molecular weight is 314 g/mol. The topological polar surface area (TPSA) is 113 Å². The first-order valence-corrected chi connectivity index (χ1v) is 8.15. The molecule has 0 spiro atoms. The molecule has 8 heteroatoms. The number of hydrogen-bond donors (Lipinski definition) is 3. The van der Waals surface area contributed by atoms with E-state index in [4.69, 9.17) is 5.11 Å². The van der Waals surface area contributed by atoms with Crippen LogP contribution in [0.2, 0.25) is 0 Å². The number of amides is 1. The summed E-state index contributed by atoms with van der Waals surface area (Å²) in [4.78, 5) is 23.1. The Bertz CT molecular complexity index is 655. The van der Waals surface area contributed by atoms with Crippen LogP contribution in [0.25, 0.3) is 0 Å². The molecule has 0 aromatic heterocycles. The number of carbonyl (C=O) groups is 2. The molecular formula is C13H18N2O5S. The molecule has 1 atom stereocenters. The molecule has 1 rings (SSSR count).